The van der Waals surface area contributed by atoms with E-state index in [0.29, 0.717) is 16.9 Å². The zero-order chi connectivity index (χ0) is 11.3. The summed E-state index contributed by atoms with van der Waals surface area (Å²) >= 11 is 9.21. The number of rotatable bonds is 5. The van der Waals surface area contributed by atoms with Gasteiger partial charge in [0.1, 0.15) is 0 Å². The normalized spacial score (nSPS) is 14.2. The first-order valence-corrected chi connectivity index (χ1v) is 5.67. The van der Waals surface area contributed by atoms with Crippen molar-refractivity contribution in [2.75, 3.05) is 0 Å². The Labute approximate surface area is 99.8 Å². The van der Waals surface area contributed by atoms with Crippen LogP contribution in [0.15, 0.2) is 34.4 Å². The second-order valence-corrected chi connectivity index (χ2v) is 4.99. The zero-order valence-electron chi connectivity index (χ0n) is 8.69. The predicted octanol–water partition coefficient (Wildman–Crippen LogP) is 4.15. The largest absolute Gasteiger partial charge is 0.404 e. The van der Waals surface area contributed by atoms with Gasteiger partial charge in [-0.3, -0.25) is 0 Å². The Hall–Kier alpha value is -0.210. The lowest BCUT2D eigenvalue weighted by molar-refractivity contribution is 0.459. The van der Waals surface area contributed by atoms with Crippen LogP contribution in [0.3, 0.4) is 0 Å². The van der Waals surface area contributed by atoms with Crippen LogP contribution < -0.4 is 5.73 Å². The van der Waals surface area contributed by atoms with E-state index in [1.165, 1.54) is 0 Å². The number of hydrogen-bond donors (Lipinski definition) is 1. The molecule has 2 N–H and O–H groups in total. The van der Waals surface area contributed by atoms with Crippen molar-refractivity contribution in [3.63, 3.8) is 0 Å². The maximum atomic E-state index is 5.76. The molecule has 0 bridgehead atoms. The number of allylic oxidation sites excluding steroid dienone is 3. The van der Waals surface area contributed by atoms with E-state index in [-0.39, 0.29) is 0 Å². The Balaban J connectivity index is 4.55. The summed E-state index contributed by atoms with van der Waals surface area (Å²) < 4.78 is 0.992. The Bertz CT molecular complexity index is 256. The van der Waals surface area contributed by atoms with E-state index in [1.54, 1.807) is 6.20 Å². The van der Waals surface area contributed by atoms with Crippen molar-refractivity contribution in [2.24, 2.45) is 17.6 Å². The molecule has 0 aromatic heterocycles. The van der Waals surface area contributed by atoms with Crippen LogP contribution in [0, 0.1) is 11.8 Å². The monoisotopic (exact) mass is 277 g/mol. The molecule has 0 aromatic rings. The fourth-order valence-electron chi connectivity index (χ4n) is 1.15. The van der Waals surface area contributed by atoms with E-state index in [2.05, 4.69) is 42.9 Å². The van der Waals surface area contributed by atoms with Crippen molar-refractivity contribution in [3.8, 4) is 0 Å². The van der Waals surface area contributed by atoms with Crippen LogP contribution in [-0.2, 0) is 0 Å². The third-order valence-corrected chi connectivity index (χ3v) is 3.29. The van der Waals surface area contributed by atoms with Crippen LogP contribution in [0.4, 0.5) is 0 Å². The van der Waals surface area contributed by atoms with Gasteiger partial charge in [0, 0.05) is 15.7 Å². The molecule has 0 spiro atoms. The van der Waals surface area contributed by atoms with Gasteiger partial charge >= 0.3 is 0 Å². The van der Waals surface area contributed by atoms with Crippen LogP contribution in [0.25, 0.3) is 0 Å². The third kappa shape index (κ3) is 4.34. The van der Waals surface area contributed by atoms with Crippen molar-refractivity contribution in [3.05, 3.63) is 34.4 Å². The third-order valence-electron chi connectivity index (χ3n) is 2.17. The summed E-state index contributed by atoms with van der Waals surface area (Å²) in [6.45, 7) is 11.8. The van der Waals surface area contributed by atoms with Crippen LogP contribution in [0.2, 0.25) is 0 Å². The van der Waals surface area contributed by atoms with E-state index in [0.717, 1.165) is 16.5 Å². The Kier molecular flexibility index (Phi) is 6.21. The van der Waals surface area contributed by atoms with Crippen molar-refractivity contribution < 1.29 is 0 Å². The van der Waals surface area contributed by atoms with Crippen LogP contribution in [0.1, 0.15) is 20.3 Å². The SMILES string of the molecule is C=C(Cl)C(=C)CC(/C(Br)=C\N)C(C)C. The van der Waals surface area contributed by atoms with E-state index in [4.69, 9.17) is 17.3 Å². The Morgan fingerprint density at radius 1 is 1.50 bits per heavy atom. The first kappa shape index (κ1) is 13.8. The molecule has 1 unspecified atom stereocenters. The highest BCUT2D eigenvalue weighted by Gasteiger charge is 2.18. The van der Waals surface area contributed by atoms with Gasteiger partial charge in [0.2, 0.25) is 0 Å². The van der Waals surface area contributed by atoms with Gasteiger partial charge in [0.05, 0.1) is 0 Å². The minimum absolute atomic E-state index is 0.322. The maximum Gasteiger partial charge on any atom is 0.0360 e. The van der Waals surface area contributed by atoms with E-state index >= 15 is 0 Å². The first-order chi connectivity index (χ1) is 6.40. The average molecular weight is 279 g/mol. The summed E-state index contributed by atoms with van der Waals surface area (Å²) in [5.41, 5.74) is 6.33. The molecule has 0 aromatic carbocycles. The number of halogens is 2. The van der Waals surface area contributed by atoms with Gasteiger partial charge in [-0.2, -0.15) is 0 Å². The van der Waals surface area contributed by atoms with Gasteiger partial charge in [-0.1, -0.05) is 54.5 Å². The van der Waals surface area contributed by atoms with E-state index in [1.807, 2.05) is 0 Å². The molecule has 1 nitrogen and oxygen atoms in total. The summed E-state index contributed by atoms with van der Waals surface area (Å²) in [6.07, 6.45) is 2.36. The molecule has 80 valence electrons. The molecule has 0 aliphatic carbocycles. The molecule has 3 heteroatoms. The van der Waals surface area contributed by atoms with Crippen molar-refractivity contribution in [1.29, 1.82) is 0 Å². The molecule has 0 heterocycles. The summed E-state index contributed by atoms with van der Waals surface area (Å²) in [5.74, 6) is 0.806. The van der Waals surface area contributed by atoms with Crippen molar-refractivity contribution in [2.45, 2.75) is 20.3 Å². The molecule has 0 aliphatic rings. The van der Waals surface area contributed by atoms with E-state index in [9.17, 15) is 0 Å². The lowest BCUT2D eigenvalue weighted by atomic mass is 9.89. The van der Waals surface area contributed by atoms with Gasteiger partial charge in [-0.05, 0) is 23.8 Å². The van der Waals surface area contributed by atoms with Gasteiger partial charge in [-0.15, -0.1) is 0 Å². The minimum Gasteiger partial charge on any atom is -0.404 e. The van der Waals surface area contributed by atoms with E-state index < -0.39 is 0 Å². The Morgan fingerprint density at radius 2 is 2.00 bits per heavy atom. The molecule has 0 rings (SSSR count). The highest BCUT2D eigenvalue weighted by Crippen LogP contribution is 2.32. The average Bonchev–Trinajstić information content (AvgIpc) is 2.11. The fourth-order valence-corrected chi connectivity index (χ4v) is 1.92. The fraction of sp³-hybridized carbons (Fsp3) is 0.455. The molecular weight excluding hydrogens is 261 g/mol. The summed E-state index contributed by atoms with van der Waals surface area (Å²) in [6, 6.07) is 0. The Morgan fingerprint density at radius 3 is 2.29 bits per heavy atom. The highest BCUT2D eigenvalue weighted by atomic mass is 79.9. The van der Waals surface area contributed by atoms with Gasteiger partial charge in [-0.25, -0.2) is 0 Å². The van der Waals surface area contributed by atoms with Gasteiger partial charge in [0.15, 0.2) is 0 Å². The lowest BCUT2D eigenvalue weighted by Gasteiger charge is -2.21. The van der Waals surface area contributed by atoms with Gasteiger partial charge < -0.3 is 5.73 Å². The maximum absolute atomic E-state index is 5.76. The van der Waals surface area contributed by atoms with Crippen molar-refractivity contribution >= 4 is 27.5 Å². The van der Waals surface area contributed by atoms with Crippen molar-refractivity contribution in [1.82, 2.24) is 0 Å². The molecule has 0 saturated heterocycles. The predicted molar refractivity (Wildman–Crippen MR) is 68.3 cm³/mol. The smallest absolute Gasteiger partial charge is 0.0360 e. The number of nitrogens with two attached hydrogens (primary N) is 1. The molecule has 0 amide bonds. The second-order valence-electron chi connectivity index (χ2n) is 3.61. The minimum atomic E-state index is 0.322. The standard InChI is InChI=1S/C11H17BrClN/c1-7(2)10(11(12)6-14)5-8(3)9(4)13/h6-7,10H,3-5,14H2,1-2H3/b11-6+. The molecule has 0 saturated carbocycles. The van der Waals surface area contributed by atoms with Crippen LogP contribution >= 0.6 is 27.5 Å². The van der Waals surface area contributed by atoms with Gasteiger partial charge in [0.25, 0.3) is 0 Å². The molecular formula is C11H17BrClN. The van der Waals surface area contributed by atoms with Crippen LogP contribution in [0.5, 0.6) is 0 Å². The summed E-state index contributed by atoms with van der Waals surface area (Å²) in [7, 11) is 0. The second kappa shape index (κ2) is 6.31. The molecule has 14 heavy (non-hydrogen) atoms. The summed E-state index contributed by atoms with van der Waals surface area (Å²) in [5, 5.41) is 0.521. The highest BCUT2D eigenvalue weighted by molar-refractivity contribution is 9.11. The number of hydrogen-bond acceptors (Lipinski definition) is 1. The summed E-state index contributed by atoms with van der Waals surface area (Å²) in [4.78, 5) is 0. The molecule has 0 aliphatic heterocycles. The van der Waals surface area contributed by atoms with Crippen LogP contribution in [-0.4, -0.2) is 0 Å². The molecule has 0 fully saturated rings. The topological polar surface area (TPSA) is 26.0 Å². The first-order valence-electron chi connectivity index (χ1n) is 4.50. The molecule has 1 atom stereocenters. The zero-order valence-corrected chi connectivity index (χ0v) is 11.0. The quantitative estimate of drug-likeness (QED) is 0.751. The molecule has 0 radical (unpaired) electrons. The lowest BCUT2D eigenvalue weighted by Crippen LogP contribution is -2.11.